The van der Waals surface area contributed by atoms with Crippen molar-refractivity contribution in [2.45, 2.75) is 12.1 Å². The highest BCUT2D eigenvalue weighted by atomic mass is 19.1. The fraction of sp³-hybridized carbons (Fsp3) is 0.182. The van der Waals surface area contributed by atoms with Gasteiger partial charge >= 0.3 is 0 Å². The maximum atomic E-state index is 13.3. The minimum absolute atomic E-state index is 0.252. The molecule has 0 radical (unpaired) electrons. The highest BCUT2D eigenvalue weighted by molar-refractivity contribution is 6.24. The lowest BCUT2D eigenvalue weighted by Crippen LogP contribution is -2.46. The van der Waals surface area contributed by atoms with Gasteiger partial charge in [0, 0.05) is 11.8 Å². The van der Waals surface area contributed by atoms with Gasteiger partial charge in [0.05, 0.1) is 23.6 Å². The van der Waals surface area contributed by atoms with Gasteiger partial charge in [-0.05, 0) is 30.3 Å². The van der Waals surface area contributed by atoms with Crippen LogP contribution in [-0.2, 0) is 9.59 Å². The number of halogens is 1. The van der Waals surface area contributed by atoms with Crippen LogP contribution in [0, 0.1) is 17.7 Å². The topological polar surface area (TPSA) is 70.0 Å². The third kappa shape index (κ3) is 2.54. The quantitative estimate of drug-likeness (QED) is 0.597. The zero-order valence-electron chi connectivity index (χ0n) is 15.2. The average molecular weight is 389 g/mol. The number of carbonyl (C=O) groups is 3. The Morgan fingerprint density at radius 2 is 1.62 bits per heavy atom. The Morgan fingerprint density at radius 1 is 0.931 bits per heavy atom. The molecule has 7 heteroatoms. The van der Waals surface area contributed by atoms with E-state index < -0.39 is 41.6 Å². The number of anilines is 1. The van der Waals surface area contributed by atoms with E-state index in [1.54, 1.807) is 53.7 Å². The van der Waals surface area contributed by atoms with E-state index in [2.05, 4.69) is 5.10 Å². The van der Waals surface area contributed by atoms with Crippen molar-refractivity contribution in [3.8, 4) is 0 Å². The number of nitrogens with zero attached hydrogens (tertiary/aromatic N) is 3. The Morgan fingerprint density at radius 3 is 2.34 bits per heavy atom. The summed E-state index contributed by atoms with van der Waals surface area (Å²) in [5.41, 5.74) is 0.763. The number of imide groups is 1. The molecule has 0 N–H and O–H groups in total. The van der Waals surface area contributed by atoms with E-state index in [4.69, 9.17) is 0 Å². The number of amides is 2. The minimum atomic E-state index is -0.879. The van der Waals surface area contributed by atoms with Crippen LogP contribution in [0.5, 0.6) is 0 Å². The first-order chi connectivity index (χ1) is 14.1. The SMILES string of the molecule is O=C(c1ccccc1)C1C2C(=O)N(c3ccc(F)cc3)C(=O)C2C2C=CC=NN21. The summed E-state index contributed by atoms with van der Waals surface area (Å²) in [6.45, 7) is 0. The van der Waals surface area contributed by atoms with E-state index in [-0.39, 0.29) is 5.78 Å². The molecule has 3 aliphatic rings. The molecule has 3 heterocycles. The molecule has 2 saturated heterocycles. The molecule has 4 atom stereocenters. The molecule has 2 aromatic carbocycles. The maximum Gasteiger partial charge on any atom is 0.240 e. The smallest absolute Gasteiger partial charge is 0.240 e. The lowest BCUT2D eigenvalue weighted by molar-refractivity contribution is -0.123. The minimum Gasteiger partial charge on any atom is -0.292 e. The molecule has 0 bridgehead atoms. The monoisotopic (exact) mass is 389 g/mol. The van der Waals surface area contributed by atoms with Gasteiger partial charge in [0.2, 0.25) is 11.8 Å². The predicted molar refractivity (Wildman–Crippen MR) is 104 cm³/mol. The third-order valence-electron chi connectivity index (χ3n) is 5.70. The molecular weight excluding hydrogens is 373 g/mol. The average Bonchev–Trinajstić information content (AvgIpc) is 3.22. The molecule has 0 aliphatic carbocycles. The molecule has 0 aromatic heterocycles. The van der Waals surface area contributed by atoms with E-state index in [9.17, 15) is 18.8 Å². The van der Waals surface area contributed by atoms with Crippen molar-refractivity contribution >= 4 is 29.5 Å². The molecule has 29 heavy (non-hydrogen) atoms. The Balaban J connectivity index is 1.58. The van der Waals surface area contributed by atoms with Crippen molar-refractivity contribution in [3.05, 3.63) is 78.1 Å². The van der Waals surface area contributed by atoms with Gasteiger partial charge in [-0.2, -0.15) is 5.10 Å². The normalized spacial score (nSPS) is 27.3. The van der Waals surface area contributed by atoms with Crippen molar-refractivity contribution < 1.29 is 18.8 Å². The number of hydrogen-bond donors (Lipinski definition) is 0. The number of ketones is 1. The van der Waals surface area contributed by atoms with Crippen molar-refractivity contribution in [2.75, 3.05) is 4.90 Å². The van der Waals surface area contributed by atoms with Gasteiger partial charge in [-0.3, -0.25) is 19.4 Å². The fourth-order valence-electron chi connectivity index (χ4n) is 4.46. The number of allylic oxidation sites excluding steroid dienone is 1. The summed E-state index contributed by atoms with van der Waals surface area (Å²) >= 11 is 0. The van der Waals surface area contributed by atoms with Crippen LogP contribution in [0.25, 0.3) is 0 Å². The zero-order valence-corrected chi connectivity index (χ0v) is 15.2. The highest BCUT2D eigenvalue weighted by Crippen LogP contribution is 2.46. The Kier molecular flexibility index (Phi) is 3.91. The summed E-state index contributed by atoms with van der Waals surface area (Å²) in [4.78, 5) is 40.9. The van der Waals surface area contributed by atoms with Gasteiger partial charge in [0.1, 0.15) is 11.9 Å². The molecule has 2 fully saturated rings. The number of rotatable bonds is 3. The van der Waals surface area contributed by atoms with E-state index in [1.165, 1.54) is 24.3 Å². The summed E-state index contributed by atoms with van der Waals surface area (Å²) in [5, 5.41) is 5.88. The van der Waals surface area contributed by atoms with Crippen LogP contribution in [-0.4, -0.2) is 40.9 Å². The molecule has 2 aromatic rings. The van der Waals surface area contributed by atoms with E-state index >= 15 is 0 Å². The maximum absolute atomic E-state index is 13.3. The Hall–Kier alpha value is -3.61. The number of benzene rings is 2. The standard InChI is InChI=1S/C22H16FN3O3/c23-14-8-10-15(11-9-14)25-21(28)17-16-7-4-12-24-26(16)19(18(17)22(25)29)20(27)13-5-2-1-3-6-13/h1-12,16-19H. The third-order valence-corrected chi connectivity index (χ3v) is 5.70. The summed E-state index contributed by atoms with van der Waals surface area (Å²) in [6.07, 6.45) is 5.06. The van der Waals surface area contributed by atoms with Crippen LogP contribution in [0.4, 0.5) is 10.1 Å². The van der Waals surface area contributed by atoms with Gasteiger partial charge in [-0.25, -0.2) is 9.29 Å². The molecule has 2 amide bonds. The highest BCUT2D eigenvalue weighted by Gasteiger charge is 2.64. The van der Waals surface area contributed by atoms with Crippen LogP contribution in [0.2, 0.25) is 0 Å². The molecule has 5 rings (SSSR count). The van der Waals surface area contributed by atoms with Crippen LogP contribution in [0.15, 0.2) is 71.9 Å². The summed E-state index contributed by atoms with van der Waals surface area (Å²) in [7, 11) is 0. The zero-order chi connectivity index (χ0) is 20.1. The second-order valence-corrected chi connectivity index (χ2v) is 7.24. The van der Waals surface area contributed by atoms with Crippen LogP contribution in [0.3, 0.4) is 0 Å². The first kappa shape index (κ1) is 17.5. The van der Waals surface area contributed by atoms with Gasteiger partial charge in [0.15, 0.2) is 5.78 Å². The second kappa shape index (κ2) is 6.48. The van der Waals surface area contributed by atoms with E-state index in [0.717, 1.165) is 4.90 Å². The van der Waals surface area contributed by atoms with Crippen molar-refractivity contribution in [1.29, 1.82) is 0 Å². The summed E-state index contributed by atoms with van der Waals surface area (Å²) in [5.74, 6) is -3.15. The van der Waals surface area contributed by atoms with Crippen molar-refractivity contribution in [1.82, 2.24) is 5.01 Å². The first-order valence-corrected chi connectivity index (χ1v) is 9.29. The van der Waals surface area contributed by atoms with Crippen molar-refractivity contribution in [3.63, 3.8) is 0 Å². The number of Topliss-reactive ketones (excluding diaryl/α,β-unsaturated/α-hetero) is 1. The van der Waals surface area contributed by atoms with Crippen LogP contribution < -0.4 is 4.90 Å². The number of hydrogen-bond acceptors (Lipinski definition) is 5. The number of carbonyl (C=O) groups excluding carboxylic acids is 3. The summed E-state index contributed by atoms with van der Waals surface area (Å²) in [6, 6.07) is 12.5. The molecule has 4 unspecified atom stereocenters. The van der Waals surface area contributed by atoms with E-state index in [0.29, 0.717) is 11.3 Å². The lowest BCUT2D eigenvalue weighted by atomic mass is 9.86. The van der Waals surface area contributed by atoms with Gasteiger partial charge in [-0.15, -0.1) is 0 Å². The number of hydrazone groups is 1. The van der Waals surface area contributed by atoms with E-state index in [1.807, 2.05) is 0 Å². The fourth-order valence-corrected chi connectivity index (χ4v) is 4.46. The second-order valence-electron chi connectivity index (χ2n) is 7.24. The molecule has 3 aliphatic heterocycles. The molecular formula is C22H16FN3O3. The predicted octanol–water partition coefficient (Wildman–Crippen LogP) is 2.42. The molecule has 6 nitrogen and oxygen atoms in total. The molecule has 0 spiro atoms. The lowest BCUT2D eigenvalue weighted by Gasteiger charge is -2.30. The van der Waals surface area contributed by atoms with Gasteiger partial charge in [0.25, 0.3) is 0 Å². The number of fused-ring (bicyclic) bond motifs is 3. The molecule has 0 saturated carbocycles. The Bertz CT molecular complexity index is 1060. The largest absolute Gasteiger partial charge is 0.292 e. The molecule has 144 valence electrons. The van der Waals surface area contributed by atoms with Crippen LogP contribution >= 0.6 is 0 Å². The van der Waals surface area contributed by atoms with Crippen molar-refractivity contribution in [2.24, 2.45) is 16.9 Å². The van der Waals surface area contributed by atoms with Gasteiger partial charge in [-0.1, -0.05) is 36.4 Å². The first-order valence-electron chi connectivity index (χ1n) is 9.29. The summed E-state index contributed by atoms with van der Waals surface area (Å²) < 4.78 is 13.3. The van der Waals surface area contributed by atoms with Gasteiger partial charge < -0.3 is 0 Å². The Labute approximate surface area is 165 Å². The van der Waals surface area contributed by atoms with Crippen LogP contribution in [0.1, 0.15) is 10.4 Å².